The lowest BCUT2D eigenvalue weighted by atomic mass is 10.0. The van der Waals surface area contributed by atoms with E-state index in [2.05, 4.69) is 0 Å². The second kappa shape index (κ2) is 5.00. The van der Waals surface area contributed by atoms with Gasteiger partial charge in [-0.3, -0.25) is 9.13 Å². The van der Waals surface area contributed by atoms with Crippen LogP contribution in [0.1, 0.15) is 18.4 Å². The smallest absolute Gasteiger partial charge is 0.370 e. The van der Waals surface area contributed by atoms with Gasteiger partial charge in [-0.05, 0) is 17.7 Å². The van der Waals surface area contributed by atoms with Gasteiger partial charge in [-0.25, -0.2) is 0 Å². The molecule has 8 nitrogen and oxygen atoms in total. The first-order chi connectivity index (χ1) is 8.41. The van der Waals surface area contributed by atoms with E-state index >= 15 is 0 Å². The highest BCUT2D eigenvalue weighted by atomic mass is 31.2. The third-order valence-corrected chi connectivity index (χ3v) is 6.93. The van der Waals surface area contributed by atoms with Gasteiger partial charge < -0.3 is 30.4 Å². The van der Waals surface area contributed by atoms with Crippen LogP contribution in [0.15, 0.2) is 24.3 Å². The number of benzene rings is 1. The topological polar surface area (TPSA) is 161 Å². The van der Waals surface area contributed by atoms with Crippen LogP contribution >= 0.6 is 15.2 Å². The molecule has 0 fully saturated rings. The summed E-state index contributed by atoms with van der Waals surface area (Å²) in [6.45, 7) is 1.11. The zero-order valence-corrected chi connectivity index (χ0v) is 11.7. The van der Waals surface area contributed by atoms with E-state index in [9.17, 15) is 14.2 Å². The number of rotatable bonds is 4. The molecule has 0 aliphatic heterocycles. The third kappa shape index (κ3) is 2.90. The van der Waals surface area contributed by atoms with Gasteiger partial charge in [0.1, 0.15) is 0 Å². The lowest BCUT2D eigenvalue weighted by Crippen LogP contribution is -2.34. The number of anilines is 1. The SMILES string of the molecule is CC(c1ccc(N)cc1)C(O)(P(=O)(O)O)P(=O)(O)O. The van der Waals surface area contributed by atoms with E-state index in [1.165, 1.54) is 24.3 Å². The number of nitrogen functional groups attached to an aromatic ring is 1. The number of hydrogen-bond acceptors (Lipinski definition) is 4. The highest BCUT2D eigenvalue weighted by Gasteiger charge is 2.63. The molecule has 19 heavy (non-hydrogen) atoms. The summed E-state index contributed by atoms with van der Waals surface area (Å²) in [6, 6.07) is 5.45. The van der Waals surface area contributed by atoms with Crippen LogP contribution < -0.4 is 5.73 Å². The highest BCUT2D eigenvalue weighted by molar-refractivity contribution is 7.72. The summed E-state index contributed by atoms with van der Waals surface area (Å²) in [5.74, 6) is -1.49. The Hall–Kier alpha value is -0.720. The first-order valence-electron chi connectivity index (χ1n) is 5.10. The van der Waals surface area contributed by atoms with Crippen LogP contribution in [0, 0.1) is 0 Å². The zero-order chi connectivity index (χ0) is 15.1. The average molecular weight is 311 g/mol. The predicted molar refractivity (Wildman–Crippen MR) is 68.3 cm³/mol. The molecule has 0 heterocycles. The van der Waals surface area contributed by atoms with Crippen molar-refractivity contribution >= 4 is 20.9 Å². The van der Waals surface area contributed by atoms with Crippen molar-refractivity contribution < 1.29 is 33.8 Å². The fourth-order valence-corrected chi connectivity index (χ4v) is 4.35. The van der Waals surface area contributed by atoms with Crippen molar-refractivity contribution in [3.05, 3.63) is 29.8 Å². The molecule has 1 rings (SSSR count). The second-order valence-electron chi connectivity index (χ2n) is 4.16. The summed E-state index contributed by atoms with van der Waals surface area (Å²) in [7, 11) is -11.0. The van der Waals surface area contributed by atoms with Gasteiger partial charge in [-0.15, -0.1) is 0 Å². The maximum Gasteiger partial charge on any atom is 0.370 e. The van der Waals surface area contributed by atoms with Crippen LogP contribution in [0.2, 0.25) is 0 Å². The third-order valence-electron chi connectivity index (χ3n) is 2.87. The van der Waals surface area contributed by atoms with E-state index in [0.29, 0.717) is 5.69 Å². The lowest BCUT2D eigenvalue weighted by molar-refractivity contribution is 0.111. The Bertz CT molecular complexity index is 524. The molecule has 0 saturated carbocycles. The molecule has 0 amide bonds. The Kier molecular flexibility index (Phi) is 4.29. The van der Waals surface area contributed by atoms with Crippen LogP contribution in [0.4, 0.5) is 5.69 Å². The summed E-state index contributed by atoms with van der Waals surface area (Å²) in [5, 5.41) is 6.44. The average Bonchev–Trinajstić information content (AvgIpc) is 2.25. The zero-order valence-electron chi connectivity index (χ0n) is 9.91. The monoisotopic (exact) mass is 311 g/mol. The standard InChI is InChI=1S/C9H15NO7P2/c1-6(7-2-4-8(10)5-3-7)9(11,18(12,13)14)19(15,16)17/h2-6,11H,10H2,1H3,(H2,12,13,14)(H2,15,16,17). The Labute approximate surface area is 109 Å². The van der Waals surface area contributed by atoms with Gasteiger partial charge in [0, 0.05) is 11.6 Å². The minimum Gasteiger partial charge on any atom is -0.399 e. The molecule has 108 valence electrons. The van der Waals surface area contributed by atoms with Crippen LogP contribution in [-0.4, -0.2) is 29.8 Å². The van der Waals surface area contributed by atoms with Crippen LogP contribution in [0.5, 0.6) is 0 Å². The van der Waals surface area contributed by atoms with Crippen molar-refractivity contribution in [2.24, 2.45) is 0 Å². The summed E-state index contributed by atoms with van der Waals surface area (Å²) in [4.78, 5) is 36.4. The predicted octanol–water partition coefficient (Wildman–Crippen LogP) is 0.374. The highest BCUT2D eigenvalue weighted by Crippen LogP contribution is 2.72. The first kappa shape index (κ1) is 16.3. The Morgan fingerprint density at radius 3 is 1.74 bits per heavy atom. The van der Waals surface area contributed by atoms with Gasteiger partial charge in [-0.2, -0.15) is 0 Å². The van der Waals surface area contributed by atoms with Crippen molar-refractivity contribution in [3.63, 3.8) is 0 Å². The largest absolute Gasteiger partial charge is 0.399 e. The molecule has 0 saturated heterocycles. The summed E-state index contributed by atoms with van der Waals surface area (Å²) < 4.78 is 22.6. The van der Waals surface area contributed by atoms with Crippen LogP contribution in [-0.2, 0) is 9.13 Å². The van der Waals surface area contributed by atoms with E-state index in [1.54, 1.807) is 0 Å². The summed E-state index contributed by atoms with van der Waals surface area (Å²) >= 11 is 0. The summed E-state index contributed by atoms with van der Waals surface area (Å²) in [6.07, 6.45) is 0. The molecule has 1 atom stereocenters. The van der Waals surface area contributed by atoms with Gasteiger partial charge in [0.2, 0.25) is 0 Å². The fraction of sp³-hybridized carbons (Fsp3) is 0.333. The number of hydrogen-bond donors (Lipinski definition) is 6. The maximum atomic E-state index is 11.3. The molecule has 7 N–H and O–H groups in total. The van der Waals surface area contributed by atoms with Crippen LogP contribution in [0.25, 0.3) is 0 Å². The van der Waals surface area contributed by atoms with Gasteiger partial charge in [0.15, 0.2) is 0 Å². The minimum absolute atomic E-state index is 0.142. The van der Waals surface area contributed by atoms with E-state index in [0.717, 1.165) is 6.92 Å². The van der Waals surface area contributed by atoms with Crippen molar-refractivity contribution in [1.29, 1.82) is 0 Å². The molecule has 1 aromatic rings. The molecule has 1 aromatic carbocycles. The molecule has 0 aromatic heterocycles. The maximum absolute atomic E-state index is 11.3. The van der Waals surface area contributed by atoms with E-state index < -0.39 is 26.2 Å². The lowest BCUT2D eigenvalue weighted by Gasteiger charge is -2.34. The van der Waals surface area contributed by atoms with Crippen molar-refractivity contribution in [2.75, 3.05) is 5.73 Å². The molecule has 0 spiro atoms. The molecule has 1 unspecified atom stereocenters. The Balaban J connectivity index is 3.40. The van der Waals surface area contributed by atoms with Gasteiger partial charge in [-0.1, -0.05) is 19.1 Å². The molecule has 0 radical (unpaired) electrons. The molecule has 10 heteroatoms. The normalized spacial score (nSPS) is 15.3. The Morgan fingerprint density at radius 1 is 1.05 bits per heavy atom. The van der Waals surface area contributed by atoms with E-state index in [-0.39, 0.29) is 5.56 Å². The molecular formula is C9H15NO7P2. The van der Waals surface area contributed by atoms with Gasteiger partial charge >= 0.3 is 15.2 Å². The second-order valence-corrected chi connectivity index (χ2v) is 8.06. The Morgan fingerprint density at radius 2 is 1.42 bits per heavy atom. The van der Waals surface area contributed by atoms with E-state index in [1.807, 2.05) is 0 Å². The summed E-state index contributed by atoms with van der Waals surface area (Å²) in [5.41, 5.74) is 5.95. The van der Waals surface area contributed by atoms with E-state index in [4.69, 9.17) is 25.3 Å². The molecule has 0 aliphatic carbocycles. The first-order valence-corrected chi connectivity index (χ1v) is 8.33. The fourth-order valence-electron chi connectivity index (χ4n) is 1.68. The number of aliphatic hydroxyl groups is 1. The molecule has 0 aliphatic rings. The van der Waals surface area contributed by atoms with Crippen molar-refractivity contribution in [3.8, 4) is 0 Å². The van der Waals surface area contributed by atoms with Crippen molar-refractivity contribution in [2.45, 2.75) is 17.9 Å². The van der Waals surface area contributed by atoms with Crippen LogP contribution in [0.3, 0.4) is 0 Å². The molecular weight excluding hydrogens is 296 g/mol. The van der Waals surface area contributed by atoms with Gasteiger partial charge in [0.05, 0.1) is 0 Å². The molecule has 0 bridgehead atoms. The van der Waals surface area contributed by atoms with Crippen molar-refractivity contribution in [1.82, 2.24) is 0 Å². The number of nitrogens with two attached hydrogens (primary N) is 1. The van der Waals surface area contributed by atoms with Gasteiger partial charge in [0.25, 0.3) is 5.08 Å². The minimum atomic E-state index is -5.48. The quantitative estimate of drug-likeness (QED) is 0.343.